The van der Waals surface area contributed by atoms with Gasteiger partial charge in [-0.05, 0) is 42.5 Å². The molecule has 1 atom stereocenters. The average Bonchev–Trinajstić information content (AvgIpc) is 3.24. The van der Waals surface area contributed by atoms with Crippen molar-refractivity contribution in [3.8, 4) is 11.5 Å². The summed E-state index contributed by atoms with van der Waals surface area (Å²) in [5.41, 5.74) is 2.86. The molecule has 6 nitrogen and oxygen atoms in total. The molecule has 26 heavy (non-hydrogen) atoms. The average molecular weight is 371 g/mol. The van der Waals surface area contributed by atoms with Crippen LogP contribution in [0.4, 0.5) is 5.69 Å². The number of fused-ring (bicyclic) bond motifs is 1. The molecule has 3 aromatic rings. The number of hydrogen-bond donors (Lipinski definition) is 0. The molecule has 1 unspecified atom stereocenters. The first kappa shape index (κ1) is 16.6. The Morgan fingerprint density at radius 3 is 2.77 bits per heavy atom. The van der Waals surface area contributed by atoms with Crippen molar-refractivity contribution in [2.45, 2.75) is 6.42 Å². The molecule has 0 radical (unpaired) electrons. The summed E-state index contributed by atoms with van der Waals surface area (Å²) in [7, 11) is 1.33. The Bertz CT molecular complexity index is 996. The smallest absolute Gasteiger partial charge is 0.311 e. The van der Waals surface area contributed by atoms with E-state index in [9.17, 15) is 9.59 Å². The van der Waals surface area contributed by atoms with Gasteiger partial charge in [0.05, 0.1) is 13.0 Å². The van der Waals surface area contributed by atoms with E-state index in [1.165, 1.54) is 7.11 Å². The molecule has 1 saturated heterocycles. The van der Waals surface area contributed by atoms with Gasteiger partial charge in [-0.15, -0.1) is 0 Å². The summed E-state index contributed by atoms with van der Waals surface area (Å²) in [5, 5.41) is 0.598. The Morgan fingerprint density at radius 2 is 2.04 bits per heavy atom. The molecule has 0 aliphatic carbocycles. The second-order valence-corrected chi connectivity index (χ2v) is 6.54. The van der Waals surface area contributed by atoms with Gasteiger partial charge < -0.3 is 14.1 Å². The standard InChI is InChI=1S/C19H15ClN2O4/c1-25-19(24)12-8-17(23)22(10-12)14-5-2-11(3-6-14)18-21-15-9-13(20)4-7-16(15)26-18/h2-7,9,12H,8,10H2,1H3. The number of esters is 1. The number of hydrogen-bond acceptors (Lipinski definition) is 5. The van der Waals surface area contributed by atoms with E-state index < -0.39 is 5.92 Å². The first-order chi connectivity index (χ1) is 12.5. The van der Waals surface area contributed by atoms with Gasteiger partial charge in [-0.1, -0.05) is 11.6 Å². The molecule has 132 valence electrons. The van der Waals surface area contributed by atoms with Crippen LogP contribution in [0, 0.1) is 5.92 Å². The van der Waals surface area contributed by atoms with E-state index in [1.54, 1.807) is 23.1 Å². The Morgan fingerprint density at radius 1 is 1.27 bits per heavy atom. The van der Waals surface area contributed by atoms with Gasteiger partial charge in [-0.2, -0.15) is 0 Å². The van der Waals surface area contributed by atoms with Crippen LogP contribution in [0.15, 0.2) is 46.9 Å². The number of ether oxygens (including phenoxy) is 1. The molecular formula is C19H15ClN2O4. The number of carbonyl (C=O) groups excluding carboxylic acids is 2. The zero-order chi connectivity index (χ0) is 18.3. The summed E-state index contributed by atoms with van der Waals surface area (Å²) in [4.78, 5) is 29.9. The minimum Gasteiger partial charge on any atom is -0.469 e. The maximum absolute atomic E-state index is 12.2. The number of nitrogens with zero attached hydrogens (tertiary/aromatic N) is 2. The number of amides is 1. The van der Waals surface area contributed by atoms with Gasteiger partial charge in [0.1, 0.15) is 5.52 Å². The fourth-order valence-electron chi connectivity index (χ4n) is 3.09. The molecule has 1 amide bonds. The van der Waals surface area contributed by atoms with Gasteiger partial charge >= 0.3 is 5.97 Å². The minimum atomic E-state index is -0.422. The van der Waals surface area contributed by atoms with Gasteiger partial charge in [0, 0.05) is 29.2 Å². The predicted molar refractivity (Wildman–Crippen MR) is 96.9 cm³/mol. The molecule has 4 rings (SSSR count). The first-order valence-electron chi connectivity index (χ1n) is 8.10. The number of oxazole rings is 1. The highest BCUT2D eigenvalue weighted by molar-refractivity contribution is 6.31. The molecule has 7 heteroatoms. The number of rotatable bonds is 3. The Hall–Kier alpha value is -2.86. The third kappa shape index (κ3) is 2.93. The molecule has 1 aromatic heterocycles. The Labute approximate surface area is 154 Å². The summed E-state index contributed by atoms with van der Waals surface area (Å²) in [5.74, 6) is -0.393. The van der Waals surface area contributed by atoms with E-state index in [4.69, 9.17) is 20.8 Å². The lowest BCUT2D eigenvalue weighted by molar-refractivity contribution is -0.145. The summed E-state index contributed by atoms with van der Waals surface area (Å²) >= 11 is 5.97. The van der Waals surface area contributed by atoms with E-state index >= 15 is 0 Å². The molecule has 1 fully saturated rings. The van der Waals surface area contributed by atoms with E-state index in [-0.39, 0.29) is 18.3 Å². The van der Waals surface area contributed by atoms with Crippen LogP contribution in [0.2, 0.25) is 5.02 Å². The third-order valence-corrected chi connectivity index (χ3v) is 4.67. The molecule has 0 saturated carbocycles. The fraction of sp³-hybridized carbons (Fsp3) is 0.211. The zero-order valence-electron chi connectivity index (χ0n) is 13.9. The van der Waals surface area contributed by atoms with Crippen LogP contribution in [0.25, 0.3) is 22.6 Å². The van der Waals surface area contributed by atoms with E-state index in [2.05, 4.69) is 4.98 Å². The monoisotopic (exact) mass is 370 g/mol. The molecule has 0 bridgehead atoms. The van der Waals surface area contributed by atoms with Crippen molar-refractivity contribution in [1.29, 1.82) is 0 Å². The van der Waals surface area contributed by atoms with Crippen molar-refractivity contribution in [3.63, 3.8) is 0 Å². The predicted octanol–water partition coefficient (Wildman–Crippen LogP) is 3.67. The number of methoxy groups -OCH3 is 1. The Kier molecular flexibility index (Phi) is 4.12. The summed E-state index contributed by atoms with van der Waals surface area (Å²) in [6.45, 7) is 0.326. The van der Waals surface area contributed by atoms with Crippen LogP contribution in [0.1, 0.15) is 6.42 Å². The van der Waals surface area contributed by atoms with E-state index in [1.807, 2.05) is 24.3 Å². The van der Waals surface area contributed by atoms with Gasteiger partial charge in [-0.25, -0.2) is 4.98 Å². The molecule has 1 aliphatic rings. The molecule has 2 heterocycles. The lowest BCUT2D eigenvalue weighted by Crippen LogP contribution is -2.26. The zero-order valence-corrected chi connectivity index (χ0v) is 14.7. The SMILES string of the molecule is COC(=O)C1CC(=O)N(c2ccc(-c3nc4cc(Cl)ccc4o3)cc2)C1. The second kappa shape index (κ2) is 6.46. The first-order valence-corrected chi connectivity index (χ1v) is 8.47. The molecule has 1 aliphatic heterocycles. The van der Waals surface area contributed by atoms with Crippen LogP contribution in [-0.2, 0) is 14.3 Å². The van der Waals surface area contributed by atoms with Crippen molar-refractivity contribution in [2.75, 3.05) is 18.6 Å². The summed E-state index contributed by atoms with van der Waals surface area (Å²) in [6.07, 6.45) is 0.167. The minimum absolute atomic E-state index is 0.0929. The number of benzene rings is 2. The summed E-state index contributed by atoms with van der Waals surface area (Å²) < 4.78 is 10.5. The van der Waals surface area contributed by atoms with Crippen molar-refractivity contribution in [2.24, 2.45) is 5.92 Å². The van der Waals surface area contributed by atoms with Crippen LogP contribution < -0.4 is 4.90 Å². The molecule has 0 spiro atoms. The number of carbonyl (C=O) groups is 2. The topological polar surface area (TPSA) is 72.6 Å². The lowest BCUT2D eigenvalue weighted by Gasteiger charge is -2.16. The van der Waals surface area contributed by atoms with E-state index in [0.29, 0.717) is 28.6 Å². The van der Waals surface area contributed by atoms with Crippen molar-refractivity contribution in [3.05, 3.63) is 47.5 Å². The fourth-order valence-corrected chi connectivity index (χ4v) is 3.26. The highest BCUT2D eigenvalue weighted by atomic mass is 35.5. The van der Waals surface area contributed by atoms with Crippen LogP contribution >= 0.6 is 11.6 Å². The van der Waals surface area contributed by atoms with Crippen LogP contribution in [0.3, 0.4) is 0 Å². The number of halogens is 1. The van der Waals surface area contributed by atoms with Gasteiger partial charge in [-0.3, -0.25) is 9.59 Å². The molecular weight excluding hydrogens is 356 g/mol. The van der Waals surface area contributed by atoms with Crippen molar-refractivity contribution in [1.82, 2.24) is 4.98 Å². The maximum atomic E-state index is 12.2. The largest absolute Gasteiger partial charge is 0.469 e. The van der Waals surface area contributed by atoms with Crippen molar-refractivity contribution >= 4 is 40.3 Å². The highest BCUT2D eigenvalue weighted by Gasteiger charge is 2.35. The van der Waals surface area contributed by atoms with Crippen molar-refractivity contribution < 1.29 is 18.7 Å². The van der Waals surface area contributed by atoms with E-state index in [0.717, 1.165) is 11.3 Å². The molecule has 0 N–H and O–H groups in total. The van der Waals surface area contributed by atoms with Gasteiger partial charge in [0.25, 0.3) is 0 Å². The quantitative estimate of drug-likeness (QED) is 0.658. The molecule has 2 aromatic carbocycles. The number of aromatic nitrogens is 1. The summed E-state index contributed by atoms with van der Waals surface area (Å²) in [6, 6.07) is 12.6. The maximum Gasteiger partial charge on any atom is 0.311 e. The third-order valence-electron chi connectivity index (χ3n) is 4.44. The van der Waals surface area contributed by atoms with Gasteiger partial charge in [0.15, 0.2) is 5.58 Å². The second-order valence-electron chi connectivity index (χ2n) is 6.11. The highest BCUT2D eigenvalue weighted by Crippen LogP contribution is 2.30. The number of anilines is 1. The lowest BCUT2D eigenvalue weighted by atomic mass is 10.1. The van der Waals surface area contributed by atoms with Crippen LogP contribution in [-0.4, -0.2) is 30.5 Å². The Balaban J connectivity index is 1.58. The van der Waals surface area contributed by atoms with Crippen LogP contribution in [0.5, 0.6) is 0 Å². The van der Waals surface area contributed by atoms with Gasteiger partial charge in [0.2, 0.25) is 11.8 Å². The normalized spacial score (nSPS) is 17.1.